The number of hydrogen-bond acceptors (Lipinski definition) is 4. The fourth-order valence-electron chi connectivity index (χ4n) is 1.79. The number of aromatic nitrogens is 2. The summed E-state index contributed by atoms with van der Waals surface area (Å²) in [6.07, 6.45) is 3.00. The number of hydrogen-bond donors (Lipinski definition) is 2. The highest BCUT2D eigenvalue weighted by atomic mass is 16.4. The molecule has 0 aliphatic rings. The predicted octanol–water partition coefficient (Wildman–Crippen LogP) is 1.21. The average Bonchev–Trinajstić information content (AvgIpc) is 2.48. The van der Waals surface area contributed by atoms with Crippen LogP contribution in [0.2, 0.25) is 0 Å². The minimum atomic E-state index is -1.09. The Morgan fingerprint density at radius 1 is 1.19 bits per heavy atom. The summed E-state index contributed by atoms with van der Waals surface area (Å²) in [6, 6.07) is 8.10. The number of nitrogens with zero attached hydrogens (tertiary/aromatic N) is 2. The van der Waals surface area contributed by atoms with Crippen molar-refractivity contribution < 1.29 is 14.7 Å². The molecule has 108 valence electrons. The van der Waals surface area contributed by atoms with Crippen LogP contribution in [0.15, 0.2) is 42.7 Å². The standard InChI is InChI=1S/C15H15N3O3/c1-10-8-17-13(9-16-10)14(19)18-12(15(20)21)7-11-5-3-2-4-6-11/h2-6,8-9,12H,7H2,1H3,(H,18,19)(H,20,21). The van der Waals surface area contributed by atoms with Gasteiger partial charge in [-0.1, -0.05) is 30.3 Å². The molecular weight excluding hydrogens is 270 g/mol. The Balaban J connectivity index is 2.07. The van der Waals surface area contributed by atoms with Crippen LogP contribution in [0, 0.1) is 6.92 Å². The summed E-state index contributed by atoms with van der Waals surface area (Å²) in [5, 5.41) is 11.7. The van der Waals surface area contributed by atoms with E-state index in [1.807, 2.05) is 30.3 Å². The van der Waals surface area contributed by atoms with Crippen LogP contribution in [0.4, 0.5) is 0 Å². The third-order valence-corrected chi connectivity index (χ3v) is 2.90. The van der Waals surface area contributed by atoms with Gasteiger partial charge in [0.1, 0.15) is 11.7 Å². The Labute approximate surface area is 121 Å². The Kier molecular flexibility index (Phi) is 4.61. The van der Waals surface area contributed by atoms with Crippen molar-refractivity contribution in [3.63, 3.8) is 0 Å². The molecule has 1 amide bonds. The van der Waals surface area contributed by atoms with Crippen LogP contribution < -0.4 is 5.32 Å². The van der Waals surface area contributed by atoms with E-state index >= 15 is 0 Å². The highest BCUT2D eigenvalue weighted by Gasteiger charge is 2.21. The lowest BCUT2D eigenvalue weighted by molar-refractivity contribution is -0.139. The van der Waals surface area contributed by atoms with Crippen molar-refractivity contribution in [1.82, 2.24) is 15.3 Å². The fraction of sp³-hybridized carbons (Fsp3) is 0.200. The summed E-state index contributed by atoms with van der Waals surface area (Å²) in [5.41, 5.74) is 1.62. The van der Waals surface area contributed by atoms with Crippen LogP contribution in [-0.2, 0) is 11.2 Å². The number of amides is 1. The monoisotopic (exact) mass is 285 g/mol. The zero-order chi connectivity index (χ0) is 15.2. The van der Waals surface area contributed by atoms with Gasteiger partial charge in [0.2, 0.25) is 0 Å². The molecule has 2 aromatic rings. The molecule has 1 atom stereocenters. The number of carboxylic acid groups (broad SMARTS) is 1. The molecule has 1 aromatic carbocycles. The Hall–Kier alpha value is -2.76. The lowest BCUT2D eigenvalue weighted by Gasteiger charge is -2.14. The second kappa shape index (κ2) is 6.60. The van der Waals surface area contributed by atoms with Gasteiger partial charge in [-0.3, -0.25) is 9.78 Å². The molecule has 0 bridgehead atoms. The van der Waals surface area contributed by atoms with Gasteiger partial charge in [0, 0.05) is 12.6 Å². The summed E-state index contributed by atoms with van der Waals surface area (Å²) >= 11 is 0. The molecule has 1 heterocycles. The maximum atomic E-state index is 12.0. The number of carbonyl (C=O) groups is 2. The van der Waals surface area contributed by atoms with E-state index in [0.717, 1.165) is 5.56 Å². The molecule has 0 aliphatic carbocycles. The number of benzene rings is 1. The smallest absolute Gasteiger partial charge is 0.326 e. The first-order chi connectivity index (χ1) is 10.1. The summed E-state index contributed by atoms with van der Waals surface area (Å²) < 4.78 is 0. The predicted molar refractivity (Wildman–Crippen MR) is 75.8 cm³/mol. The molecule has 1 aromatic heterocycles. The van der Waals surface area contributed by atoms with Gasteiger partial charge in [-0.05, 0) is 12.5 Å². The lowest BCUT2D eigenvalue weighted by atomic mass is 10.1. The molecule has 0 saturated carbocycles. The molecule has 2 N–H and O–H groups in total. The number of rotatable bonds is 5. The van der Waals surface area contributed by atoms with E-state index in [1.54, 1.807) is 6.92 Å². The third-order valence-electron chi connectivity index (χ3n) is 2.90. The fourth-order valence-corrected chi connectivity index (χ4v) is 1.79. The van der Waals surface area contributed by atoms with E-state index in [4.69, 9.17) is 0 Å². The van der Waals surface area contributed by atoms with Crippen molar-refractivity contribution in [2.24, 2.45) is 0 Å². The number of nitrogens with one attached hydrogen (secondary N) is 1. The molecule has 0 fully saturated rings. The molecule has 2 rings (SSSR count). The third kappa shape index (κ3) is 4.10. The first-order valence-electron chi connectivity index (χ1n) is 6.42. The minimum Gasteiger partial charge on any atom is -0.480 e. The van der Waals surface area contributed by atoms with Gasteiger partial charge in [0.25, 0.3) is 5.91 Å². The van der Waals surface area contributed by atoms with Crippen LogP contribution >= 0.6 is 0 Å². The van der Waals surface area contributed by atoms with Gasteiger partial charge < -0.3 is 10.4 Å². The van der Waals surface area contributed by atoms with Gasteiger partial charge in [0.05, 0.1) is 11.9 Å². The Morgan fingerprint density at radius 2 is 1.90 bits per heavy atom. The van der Waals surface area contributed by atoms with E-state index in [0.29, 0.717) is 5.69 Å². The van der Waals surface area contributed by atoms with Crippen LogP contribution in [0.1, 0.15) is 21.7 Å². The Bertz CT molecular complexity index is 626. The van der Waals surface area contributed by atoms with Crippen molar-refractivity contribution in [2.75, 3.05) is 0 Å². The first kappa shape index (κ1) is 14.6. The van der Waals surface area contributed by atoms with Crippen molar-refractivity contribution in [3.8, 4) is 0 Å². The second-order valence-corrected chi connectivity index (χ2v) is 4.60. The Morgan fingerprint density at radius 3 is 2.48 bits per heavy atom. The molecule has 0 spiro atoms. The maximum Gasteiger partial charge on any atom is 0.326 e. The molecule has 6 heteroatoms. The van der Waals surface area contributed by atoms with Gasteiger partial charge >= 0.3 is 5.97 Å². The molecule has 0 saturated heterocycles. The van der Waals surface area contributed by atoms with E-state index < -0.39 is 17.9 Å². The van der Waals surface area contributed by atoms with Gasteiger partial charge in [-0.25, -0.2) is 9.78 Å². The van der Waals surface area contributed by atoms with Crippen LogP contribution in [0.5, 0.6) is 0 Å². The van der Waals surface area contributed by atoms with E-state index in [2.05, 4.69) is 15.3 Å². The van der Waals surface area contributed by atoms with Crippen molar-refractivity contribution >= 4 is 11.9 Å². The van der Waals surface area contributed by atoms with Crippen LogP contribution in [0.3, 0.4) is 0 Å². The van der Waals surface area contributed by atoms with Crippen molar-refractivity contribution in [1.29, 1.82) is 0 Å². The number of aliphatic carboxylic acids is 1. The molecule has 1 unspecified atom stereocenters. The van der Waals surface area contributed by atoms with E-state index in [-0.39, 0.29) is 12.1 Å². The van der Waals surface area contributed by atoms with Gasteiger partial charge in [-0.2, -0.15) is 0 Å². The van der Waals surface area contributed by atoms with E-state index in [9.17, 15) is 14.7 Å². The van der Waals surface area contributed by atoms with E-state index in [1.165, 1.54) is 12.4 Å². The summed E-state index contributed by atoms with van der Waals surface area (Å²) in [7, 11) is 0. The highest BCUT2D eigenvalue weighted by molar-refractivity contribution is 5.94. The minimum absolute atomic E-state index is 0.0971. The molecule has 6 nitrogen and oxygen atoms in total. The van der Waals surface area contributed by atoms with Crippen LogP contribution in [0.25, 0.3) is 0 Å². The SMILES string of the molecule is Cc1cnc(C(=O)NC(Cc2ccccc2)C(=O)O)cn1. The quantitative estimate of drug-likeness (QED) is 0.861. The topological polar surface area (TPSA) is 92.2 Å². The summed E-state index contributed by atoms with van der Waals surface area (Å²) in [6.45, 7) is 1.75. The molecule has 21 heavy (non-hydrogen) atoms. The maximum absolute atomic E-state index is 12.0. The normalized spacial score (nSPS) is 11.7. The summed E-state index contributed by atoms with van der Waals surface area (Å²) in [4.78, 5) is 31.2. The van der Waals surface area contributed by atoms with Crippen molar-refractivity contribution in [2.45, 2.75) is 19.4 Å². The largest absolute Gasteiger partial charge is 0.480 e. The molecular formula is C15H15N3O3. The van der Waals surface area contributed by atoms with Crippen LogP contribution in [-0.4, -0.2) is 33.0 Å². The van der Waals surface area contributed by atoms with Crippen molar-refractivity contribution in [3.05, 3.63) is 59.7 Å². The van der Waals surface area contributed by atoms with Gasteiger partial charge in [0.15, 0.2) is 0 Å². The zero-order valence-corrected chi connectivity index (χ0v) is 11.5. The lowest BCUT2D eigenvalue weighted by Crippen LogP contribution is -2.42. The highest BCUT2D eigenvalue weighted by Crippen LogP contribution is 2.04. The second-order valence-electron chi connectivity index (χ2n) is 4.60. The number of carboxylic acids is 1. The zero-order valence-electron chi connectivity index (χ0n) is 11.5. The number of carbonyl (C=O) groups excluding carboxylic acids is 1. The molecule has 0 aliphatic heterocycles. The molecule has 0 radical (unpaired) electrons. The average molecular weight is 285 g/mol. The van der Waals surface area contributed by atoms with Gasteiger partial charge in [-0.15, -0.1) is 0 Å². The first-order valence-corrected chi connectivity index (χ1v) is 6.42. The number of aryl methyl sites for hydroxylation is 1. The summed E-state index contributed by atoms with van der Waals surface area (Å²) in [5.74, 6) is -1.64.